The summed E-state index contributed by atoms with van der Waals surface area (Å²) in [7, 11) is 2.09. The maximum atomic E-state index is 12.0. The average Bonchev–Trinajstić information content (AvgIpc) is 2.30. The van der Waals surface area contributed by atoms with Crippen LogP contribution in [0.25, 0.3) is 0 Å². The number of amides is 1. The molecular formula is C10H19N3O2. The van der Waals surface area contributed by atoms with E-state index in [1.54, 1.807) is 0 Å². The van der Waals surface area contributed by atoms with Crippen molar-refractivity contribution in [2.75, 3.05) is 53.0 Å². The van der Waals surface area contributed by atoms with Gasteiger partial charge >= 0.3 is 0 Å². The van der Waals surface area contributed by atoms with Gasteiger partial charge in [0.25, 0.3) is 0 Å². The first-order valence-electron chi connectivity index (χ1n) is 5.56. The van der Waals surface area contributed by atoms with Gasteiger partial charge in [-0.3, -0.25) is 4.79 Å². The van der Waals surface area contributed by atoms with Crippen molar-refractivity contribution < 1.29 is 9.53 Å². The number of hydrogen-bond acceptors (Lipinski definition) is 4. The van der Waals surface area contributed by atoms with E-state index in [-0.39, 0.29) is 11.9 Å². The maximum absolute atomic E-state index is 12.0. The lowest BCUT2D eigenvalue weighted by molar-refractivity contribution is -0.137. The van der Waals surface area contributed by atoms with Crippen LogP contribution in [-0.4, -0.2) is 74.7 Å². The number of likely N-dealkylation sites (N-methyl/N-ethyl adjacent to an activating group) is 1. The van der Waals surface area contributed by atoms with E-state index in [1.807, 2.05) is 4.90 Å². The lowest BCUT2D eigenvalue weighted by Gasteiger charge is -2.35. The second kappa shape index (κ2) is 4.92. The summed E-state index contributed by atoms with van der Waals surface area (Å²) in [6.45, 7) is 5.64. The molecule has 2 aliphatic rings. The Morgan fingerprint density at radius 1 is 1.33 bits per heavy atom. The van der Waals surface area contributed by atoms with Crippen molar-refractivity contribution in [3.8, 4) is 0 Å². The van der Waals surface area contributed by atoms with Gasteiger partial charge in [-0.05, 0) is 7.05 Å². The highest BCUT2D eigenvalue weighted by atomic mass is 16.5. The molecule has 0 spiro atoms. The molecule has 86 valence electrons. The molecule has 5 nitrogen and oxygen atoms in total. The molecule has 0 bridgehead atoms. The van der Waals surface area contributed by atoms with E-state index in [9.17, 15) is 4.79 Å². The van der Waals surface area contributed by atoms with Crippen LogP contribution < -0.4 is 5.32 Å². The highest BCUT2D eigenvalue weighted by Gasteiger charge is 2.27. The zero-order valence-corrected chi connectivity index (χ0v) is 9.24. The molecule has 2 rings (SSSR count). The van der Waals surface area contributed by atoms with E-state index in [2.05, 4.69) is 17.3 Å². The number of carbonyl (C=O) groups excluding carboxylic acids is 1. The predicted octanol–water partition coefficient (Wildman–Crippen LogP) is -1.25. The molecule has 0 unspecified atom stereocenters. The summed E-state index contributed by atoms with van der Waals surface area (Å²) in [5, 5.41) is 3.20. The Kier molecular flexibility index (Phi) is 3.56. The molecule has 1 atom stereocenters. The van der Waals surface area contributed by atoms with Crippen molar-refractivity contribution in [3.63, 3.8) is 0 Å². The van der Waals surface area contributed by atoms with Gasteiger partial charge in [0.15, 0.2) is 0 Å². The Balaban J connectivity index is 1.84. The highest BCUT2D eigenvalue weighted by Crippen LogP contribution is 2.04. The SMILES string of the molecule is CN1CCN(C(=O)[C@H]2COCCN2)CC1. The van der Waals surface area contributed by atoms with E-state index in [0.717, 1.165) is 32.7 Å². The van der Waals surface area contributed by atoms with Crippen molar-refractivity contribution in [1.82, 2.24) is 15.1 Å². The normalized spacial score (nSPS) is 29.1. The monoisotopic (exact) mass is 213 g/mol. The fourth-order valence-corrected chi connectivity index (χ4v) is 1.97. The predicted molar refractivity (Wildman–Crippen MR) is 56.7 cm³/mol. The van der Waals surface area contributed by atoms with E-state index < -0.39 is 0 Å². The molecule has 0 aromatic carbocycles. The molecule has 0 aromatic heterocycles. The first-order valence-corrected chi connectivity index (χ1v) is 5.56. The number of morpholine rings is 1. The second-order valence-electron chi connectivity index (χ2n) is 4.21. The Morgan fingerprint density at radius 2 is 2.07 bits per heavy atom. The highest BCUT2D eigenvalue weighted by molar-refractivity contribution is 5.82. The number of nitrogens with one attached hydrogen (secondary N) is 1. The van der Waals surface area contributed by atoms with Crippen LogP contribution in [0.2, 0.25) is 0 Å². The van der Waals surface area contributed by atoms with Crippen LogP contribution >= 0.6 is 0 Å². The Bertz CT molecular complexity index is 221. The summed E-state index contributed by atoms with van der Waals surface area (Å²) in [6, 6.07) is -0.123. The first-order chi connectivity index (χ1) is 7.27. The summed E-state index contributed by atoms with van der Waals surface area (Å²) in [5.74, 6) is 0.197. The molecule has 0 aromatic rings. The van der Waals surface area contributed by atoms with Crippen molar-refractivity contribution in [3.05, 3.63) is 0 Å². The molecule has 0 aliphatic carbocycles. The average molecular weight is 213 g/mol. The van der Waals surface area contributed by atoms with Crippen molar-refractivity contribution in [2.24, 2.45) is 0 Å². The van der Waals surface area contributed by atoms with Crippen LogP contribution in [0.5, 0.6) is 0 Å². The molecule has 2 saturated heterocycles. The van der Waals surface area contributed by atoms with Crippen LogP contribution in [0, 0.1) is 0 Å². The Morgan fingerprint density at radius 3 is 2.67 bits per heavy atom. The van der Waals surface area contributed by atoms with Gasteiger partial charge in [0.2, 0.25) is 5.91 Å². The van der Waals surface area contributed by atoms with E-state index >= 15 is 0 Å². The summed E-state index contributed by atoms with van der Waals surface area (Å²) in [6.07, 6.45) is 0. The molecule has 15 heavy (non-hydrogen) atoms. The smallest absolute Gasteiger partial charge is 0.242 e. The van der Waals surface area contributed by atoms with Crippen LogP contribution in [-0.2, 0) is 9.53 Å². The molecule has 1 amide bonds. The van der Waals surface area contributed by atoms with Gasteiger partial charge in [-0.15, -0.1) is 0 Å². The third kappa shape index (κ3) is 2.68. The Hall–Kier alpha value is -0.650. The van der Waals surface area contributed by atoms with Gasteiger partial charge in [-0.1, -0.05) is 0 Å². The third-order valence-corrected chi connectivity index (χ3v) is 3.03. The number of carbonyl (C=O) groups is 1. The molecule has 2 heterocycles. The van der Waals surface area contributed by atoms with Gasteiger partial charge < -0.3 is 19.9 Å². The van der Waals surface area contributed by atoms with E-state index in [0.29, 0.717) is 13.2 Å². The molecule has 1 N–H and O–H groups in total. The molecular weight excluding hydrogens is 194 g/mol. The van der Waals surface area contributed by atoms with Crippen molar-refractivity contribution >= 4 is 5.91 Å². The summed E-state index contributed by atoms with van der Waals surface area (Å²) < 4.78 is 5.29. The van der Waals surface area contributed by atoms with Gasteiger partial charge in [-0.25, -0.2) is 0 Å². The van der Waals surface area contributed by atoms with Crippen LogP contribution in [0.3, 0.4) is 0 Å². The van der Waals surface area contributed by atoms with Crippen molar-refractivity contribution in [2.45, 2.75) is 6.04 Å². The minimum absolute atomic E-state index is 0.123. The minimum Gasteiger partial charge on any atom is -0.378 e. The second-order valence-corrected chi connectivity index (χ2v) is 4.21. The third-order valence-electron chi connectivity index (χ3n) is 3.03. The minimum atomic E-state index is -0.123. The molecule has 0 radical (unpaired) electrons. The first kappa shape index (κ1) is 10.9. The van der Waals surface area contributed by atoms with Gasteiger partial charge in [0, 0.05) is 32.7 Å². The number of ether oxygens (including phenoxy) is 1. The number of hydrogen-bond donors (Lipinski definition) is 1. The number of rotatable bonds is 1. The lowest BCUT2D eigenvalue weighted by atomic mass is 10.2. The Labute approximate surface area is 90.4 Å². The van der Waals surface area contributed by atoms with Crippen LogP contribution in [0.4, 0.5) is 0 Å². The zero-order valence-electron chi connectivity index (χ0n) is 9.24. The molecule has 0 saturated carbocycles. The summed E-state index contributed by atoms with van der Waals surface area (Å²) in [5.41, 5.74) is 0. The van der Waals surface area contributed by atoms with E-state index in [4.69, 9.17) is 4.74 Å². The fraction of sp³-hybridized carbons (Fsp3) is 0.900. The maximum Gasteiger partial charge on any atom is 0.242 e. The van der Waals surface area contributed by atoms with Gasteiger partial charge in [0.1, 0.15) is 6.04 Å². The largest absolute Gasteiger partial charge is 0.378 e. The number of piperazine rings is 1. The number of nitrogens with zero attached hydrogens (tertiary/aromatic N) is 2. The molecule has 5 heteroatoms. The van der Waals surface area contributed by atoms with Crippen LogP contribution in [0.1, 0.15) is 0 Å². The van der Waals surface area contributed by atoms with E-state index in [1.165, 1.54) is 0 Å². The van der Waals surface area contributed by atoms with Gasteiger partial charge in [0.05, 0.1) is 13.2 Å². The quantitative estimate of drug-likeness (QED) is 0.591. The zero-order chi connectivity index (χ0) is 10.7. The molecule has 2 fully saturated rings. The lowest BCUT2D eigenvalue weighted by Crippen LogP contribution is -2.56. The summed E-state index contributed by atoms with van der Waals surface area (Å²) >= 11 is 0. The molecule has 2 aliphatic heterocycles. The fourth-order valence-electron chi connectivity index (χ4n) is 1.97. The van der Waals surface area contributed by atoms with Crippen molar-refractivity contribution in [1.29, 1.82) is 0 Å². The topological polar surface area (TPSA) is 44.8 Å². The summed E-state index contributed by atoms with van der Waals surface area (Å²) in [4.78, 5) is 16.2. The standard InChI is InChI=1S/C10H19N3O2/c1-12-3-5-13(6-4-12)10(14)9-8-15-7-2-11-9/h9,11H,2-8H2,1H3/t9-/m1/s1. The van der Waals surface area contributed by atoms with Gasteiger partial charge in [-0.2, -0.15) is 0 Å². The van der Waals surface area contributed by atoms with Crippen LogP contribution in [0.15, 0.2) is 0 Å².